The molecule has 2 rings (SSSR count). The van der Waals surface area contributed by atoms with Crippen LogP contribution in [0.5, 0.6) is 0 Å². The predicted octanol–water partition coefficient (Wildman–Crippen LogP) is 3.13. The Morgan fingerprint density at radius 1 is 1.40 bits per heavy atom. The highest BCUT2D eigenvalue weighted by molar-refractivity contribution is 5.79. The first-order chi connectivity index (χ1) is 7.24. The average molecular weight is 206 g/mol. The summed E-state index contributed by atoms with van der Waals surface area (Å²) in [6.45, 7) is 0. The van der Waals surface area contributed by atoms with Crippen LogP contribution in [0, 0.1) is 11.7 Å². The SMILES string of the molecule is O=C1CCCC(Cc2cccc(F)c2)C1. The molecule has 0 heterocycles. The van der Waals surface area contributed by atoms with Crippen molar-refractivity contribution in [3.8, 4) is 0 Å². The lowest BCUT2D eigenvalue weighted by molar-refractivity contribution is -0.121. The van der Waals surface area contributed by atoms with Gasteiger partial charge in [-0.05, 0) is 42.9 Å². The zero-order valence-corrected chi connectivity index (χ0v) is 8.71. The van der Waals surface area contributed by atoms with Crippen molar-refractivity contribution < 1.29 is 9.18 Å². The summed E-state index contributed by atoms with van der Waals surface area (Å²) < 4.78 is 12.9. The van der Waals surface area contributed by atoms with Gasteiger partial charge < -0.3 is 0 Å². The Morgan fingerprint density at radius 3 is 3.00 bits per heavy atom. The maximum Gasteiger partial charge on any atom is 0.133 e. The lowest BCUT2D eigenvalue weighted by atomic mass is 9.84. The fourth-order valence-corrected chi connectivity index (χ4v) is 2.29. The lowest BCUT2D eigenvalue weighted by Gasteiger charge is -2.20. The summed E-state index contributed by atoms with van der Waals surface area (Å²) in [7, 11) is 0. The number of benzene rings is 1. The second-order valence-electron chi connectivity index (χ2n) is 4.34. The number of halogens is 1. The first-order valence-electron chi connectivity index (χ1n) is 5.50. The van der Waals surface area contributed by atoms with Crippen molar-refractivity contribution in [3.05, 3.63) is 35.6 Å². The molecule has 1 nitrogen and oxygen atoms in total. The quantitative estimate of drug-likeness (QED) is 0.726. The third kappa shape index (κ3) is 2.88. The fraction of sp³-hybridized carbons (Fsp3) is 0.462. The minimum atomic E-state index is -0.186. The Balaban J connectivity index is 1.99. The van der Waals surface area contributed by atoms with Crippen LogP contribution in [0.3, 0.4) is 0 Å². The molecule has 1 fully saturated rings. The molecule has 1 atom stereocenters. The molecule has 2 heteroatoms. The summed E-state index contributed by atoms with van der Waals surface area (Å²) in [4.78, 5) is 11.3. The zero-order valence-electron chi connectivity index (χ0n) is 8.71. The Kier molecular flexibility index (Phi) is 3.14. The second-order valence-corrected chi connectivity index (χ2v) is 4.34. The van der Waals surface area contributed by atoms with Crippen LogP contribution < -0.4 is 0 Å². The van der Waals surface area contributed by atoms with Gasteiger partial charge in [-0.2, -0.15) is 0 Å². The monoisotopic (exact) mass is 206 g/mol. The second kappa shape index (κ2) is 4.56. The molecule has 1 aromatic rings. The molecular formula is C13H15FO. The van der Waals surface area contributed by atoms with Gasteiger partial charge in [0.25, 0.3) is 0 Å². The molecule has 0 aromatic heterocycles. The molecule has 15 heavy (non-hydrogen) atoms. The largest absolute Gasteiger partial charge is 0.300 e. The van der Waals surface area contributed by atoms with Crippen molar-refractivity contribution >= 4 is 5.78 Å². The molecule has 1 aromatic carbocycles. The molecule has 0 aliphatic heterocycles. The van der Waals surface area contributed by atoms with Gasteiger partial charge in [0.2, 0.25) is 0 Å². The number of ketones is 1. The van der Waals surface area contributed by atoms with Crippen molar-refractivity contribution in [2.24, 2.45) is 5.92 Å². The first-order valence-corrected chi connectivity index (χ1v) is 5.50. The van der Waals surface area contributed by atoms with Crippen molar-refractivity contribution in [3.63, 3.8) is 0 Å². The number of carbonyl (C=O) groups excluding carboxylic acids is 1. The van der Waals surface area contributed by atoms with Crippen LogP contribution in [0.1, 0.15) is 31.2 Å². The minimum absolute atomic E-state index is 0.186. The van der Waals surface area contributed by atoms with Crippen molar-refractivity contribution in [1.29, 1.82) is 0 Å². The van der Waals surface area contributed by atoms with E-state index in [9.17, 15) is 9.18 Å². The molecule has 1 unspecified atom stereocenters. The van der Waals surface area contributed by atoms with Crippen molar-refractivity contribution in [2.75, 3.05) is 0 Å². The van der Waals surface area contributed by atoms with Gasteiger partial charge in [-0.3, -0.25) is 4.79 Å². The molecule has 1 saturated carbocycles. The molecule has 80 valence electrons. The highest BCUT2D eigenvalue weighted by atomic mass is 19.1. The Hall–Kier alpha value is -1.18. The number of Topliss-reactive ketones (excluding diaryl/α,β-unsaturated/α-hetero) is 1. The van der Waals surface area contributed by atoms with E-state index in [2.05, 4.69) is 0 Å². The summed E-state index contributed by atoms with van der Waals surface area (Å²) in [5, 5.41) is 0. The van der Waals surface area contributed by atoms with Gasteiger partial charge in [-0.15, -0.1) is 0 Å². The number of rotatable bonds is 2. The highest BCUT2D eigenvalue weighted by Gasteiger charge is 2.19. The standard InChI is InChI=1S/C13H15FO/c14-12-5-1-3-10(8-12)7-11-4-2-6-13(15)9-11/h1,3,5,8,11H,2,4,6-7,9H2. The molecular weight excluding hydrogens is 191 g/mol. The molecule has 0 radical (unpaired) electrons. The van der Waals surface area contributed by atoms with Crippen LogP contribution >= 0.6 is 0 Å². The third-order valence-corrected chi connectivity index (χ3v) is 3.00. The van der Waals surface area contributed by atoms with Crippen LogP contribution in [-0.4, -0.2) is 5.78 Å². The summed E-state index contributed by atoms with van der Waals surface area (Å²) >= 11 is 0. The van der Waals surface area contributed by atoms with E-state index in [1.54, 1.807) is 12.1 Å². The van der Waals surface area contributed by atoms with E-state index in [-0.39, 0.29) is 5.82 Å². The van der Waals surface area contributed by atoms with Crippen LogP contribution in [0.2, 0.25) is 0 Å². The van der Waals surface area contributed by atoms with E-state index in [0.717, 1.165) is 31.2 Å². The molecule has 1 aliphatic rings. The average Bonchev–Trinajstić information content (AvgIpc) is 2.17. The summed E-state index contributed by atoms with van der Waals surface area (Å²) in [6, 6.07) is 6.69. The zero-order chi connectivity index (χ0) is 10.7. The van der Waals surface area contributed by atoms with E-state index < -0.39 is 0 Å². The molecule has 0 N–H and O–H groups in total. The van der Waals surface area contributed by atoms with Gasteiger partial charge in [0.1, 0.15) is 11.6 Å². The predicted molar refractivity (Wildman–Crippen MR) is 57.1 cm³/mol. The maximum atomic E-state index is 12.9. The third-order valence-electron chi connectivity index (χ3n) is 3.00. The lowest BCUT2D eigenvalue weighted by Crippen LogP contribution is -2.16. The van der Waals surface area contributed by atoms with Gasteiger partial charge in [0, 0.05) is 12.8 Å². The summed E-state index contributed by atoms with van der Waals surface area (Å²) in [5.41, 5.74) is 1.01. The van der Waals surface area contributed by atoms with E-state index in [1.165, 1.54) is 6.07 Å². The van der Waals surface area contributed by atoms with Gasteiger partial charge >= 0.3 is 0 Å². The Labute approximate surface area is 89.3 Å². The van der Waals surface area contributed by atoms with Crippen molar-refractivity contribution in [1.82, 2.24) is 0 Å². The number of hydrogen-bond donors (Lipinski definition) is 0. The van der Waals surface area contributed by atoms with Gasteiger partial charge in [0.05, 0.1) is 0 Å². The molecule has 1 aliphatic carbocycles. The van der Waals surface area contributed by atoms with Crippen molar-refractivity contribution in [2.45, 2.75) is 32.1 Å². The van der Waals surface area contributed by atoms with Gasteiger partial charge in [-0.25, -0.2) is 4.39 Å². The Morgan fingerprint density at radius 2 is 2.27 bits per heavy atom. The summed E-state index contributed by atoms with van der Waals surface area (Å²) in [6.07, 6.45) is 4.35. The molecule has 0 amide bonds. The molecule has 0 spiro atoms. The topological polar surface area (TPSA) is 17.1 Å². The van der Waals surface area contributed by atoms with Gasteiger partial charge in [0.15, 0.2) is 0 Å². The van der Waals surface area contributed by atoms with Crippen LogP contribution in [0.4, 0.5) is 4.39 Å². The van der Waals surface area contributed by atoms with E-state index in [0.29, 0.717) is 18.1 Å². The highest BCUT2D eigenvalue weighted by Crippen LogP contribution is 2.24. The first kappa shape index (κ1) is 10.3. The summed E-state index contributed by atoms with van der Waals surface area (Å²) in [5.74, 6) is 0.602. The van der Waals surface area contributed by atoms with Crippen LogP contribution in [0.15, 0.2) is 24.3 Å². The van der Waals surface area contributed by atoms with E-state index in [1.807, 2.05) is 6.07 Å². The maximum absolute atomic E-state index is 12.9. The van der Waals surface area contributed by atoms with Crippen LogP contribution in [-0.2, 0) is 11.2 Å². The number of hydrogen-bond acceptors (Lipinski definition) is 1. The normalized spacial score (nSPS) is 21.7. The minimum Gasteiger partial charge on any atom is -0.300 e. The van der Waals surface area contributed by atoms with E-state index in [4.69, 9.17) is 0 Å². The smallest absolute Gasteiger partial charge is 0.133 e. The molecule has 0 saturated heterocycles. The molecule has 0 bridgehead atoms. The van der Waals surface area contributed by atoms with E-state index >= 15 is 0 Å². The van der Waals surface area contributed by atoms with Gasteiger partial charge in [-0.1, -0.05) is 12.1 Å². The Bertz CT molecular complexity index is 359. The van der Waals surface area contributed by atoms with Crippen LogP contribution in [0.25, 0.3) is 0 Å². The number of carbonyl (C=O) groups is 1. The fourth-order valence-electron chi connectivity index (χ4n) is 2.29.